The predicted octanol–water partition coefficient (Wildman–Crippen LogP) is 3.62. The molecule has 10 heteroatoms. The minimum absolute atomic E-state index is 0.0548. The number of benzene rings is 2. The number of nitrogens with zero attached hydrogens (tertiary/aromatic N) is 1. The van der Waals surface area contributed by atoms with Crippen molar-refractivity contribution in [1.82, 2.24) is 4.57 Å². The predicted molar refractivity (Wildman–Crippen MR) is 125 cm³/mol. The SMILES string of the molecule is CC1(C)c2cc3cc(NC(=O)C4(c5ccc6c(c5)OC(F)(F)O6)CC4)ccc3n2CC(CO)OC1O. The molecular weight excluding hydrogens is 474 g/mol. The molecule has 0 saturated heterocycles. The highest BCUT2D eigenvalue weighted by Gasteiger charge is 2.53. The van der Waals surface area contributed by atoms with E-state index in [0.717, 1.165) is 16.6 Å². The van der Waals surface area contributed by atoms with Gasteiger partial charge in [-0.1, -0.05) is 6.07 Å². The van der Waals surface area contributed by atoms with Gasteiger partial charge in [-0.3, -0.25) is 4.79 Å². The average Bonchev–Trinajstić information content (AvgIpc) is 3.48. The van der Waals surface area contributed by atoms with Crippen LogP contribution in [0.4, 0.5) is 14.5 Å². The maximum absolute atomic E-state index is 13.4. The number of ether oxygens (including phenoxy) is 3. The highest BCUT2D eigenvalue weighted by Crippen LogP contribution is 2.52. The van der Waals surface area contributed by atoms with Crippen LogP contribution in [0.3, 0.4) is 0 Å². The van der Waals surface area contributed by atoms with Gasteiger partial charge < -0.3 is 34.3 Å². The van der Waals surface area contributed by atoms with Crippen molar-refractivity contribution in [3.63, 3.8) is 0 Å². The van der Waals surface area contributed by atoms with Crippen molar-refractivity contribution < 1.29 is 38.0 Å². The second-order valence-corrected chi connectivity index (χ2v) is 10.3. The lowest BCUT2D eigenvalue weighted by Crippen LogP contribution is -2.37. The summed E-state index contributed by atoms with van der Waals surface area (Å²) in [6, 6.07) is 12.0. The molecule has 6 rings (SSSR count). The van der Waals surface area contributed by atoms with Crippen molar-refractivity contribution in [2.45, 2.75) is 62.8 Å². The fraction of sp³-hybridized carbons (Fsp3) is 0.423. The Kier molecular flexibility index (Phi) is 4.93. The van der Waals surface area contributed by atoms with Crippen molar-refractivity contribution >= 4 is 22.5 Å². The van der Waals surface area contributed by atoms with Gasteiger partial charge in [-0.15, -0.1) is 8.78 Å². The molecule has 2 aliphatic heterocycles. The summed E-state index contributed by atoms with van der Waals surface area (Å²) in [6.45, 7) is 3.92. The first-order valence-electron chi connectivity index (χ1n) is 11.8. The summed E-state index contributed by atoms with van der Waals surface area (Å²) < 4.78 is 43.5. The summed E-state index contributed by atoms with van der Waals surface area (Å²) in [6.07, 6.45) is -4.17. The van der Waals surface area contributed by atoms with E-state index in [9.17, 15) is 23.8 Å². The van der Waals surface area contributed by atoms with Gasteiger partial charge in [-0.2, -0.15) is 0 Å². The summed E-state index contributed by atoms with van der Waals surface area (Å²) in [7, 11) is 0. The number of rotatable bonds is 4. The first-order chi connectivity index (χ1) is 17.0. The Morgan fingerprint density at radius 3 is 2.58 bits per heavy atom. The summed E-state index contributed by atoms with van der Waals surface area (Å²) >= 11 is 0. The van der Waals surface area contributed by atoms with Crippen LogP contribution >= 0.6 is 0 Å². The standard InChI is InChI=1S/C26H26F2N2O6/c1-24(2)21-10-14-9-16(4-5-18(14)30(21)12-17(13-31)34-23(24)33)29-22(32)25(7-8-25)15-3-6-19-20(11-15)36-26(27,28)35-19/h3-6,9-11,17,23,31,33H,7-8,12-13H2,1-2H3,(H,29,32). The third kappa shape index (κ3) is 3.55. The number of alkyl halides is 2. The number of anilines is 1. The van der Waals surface area contributed by atoms with Gasteiger partial charge in [-0.05, 0) is 68.7 Å². The molecule has 3 aliphatic rings. The van der Waals surface area contributed by atoms with Gasteiger partial charge in [0.25, 0.3) is 0 Å². The van der Waals surface area contributed by atoms with Crippen molar-refractivity contribution in [2.24, 2.45) is 0 Å². The molecule has 1 aromatic heterocycles. The zero-order valence-electron chi connectivity index (χ0n) is 19.8. The van der Waals surface area contributed by atoms with Crippen molar-refractivity contribution in [3.05, 3.63) is 53.7 Å². The Balaban J connectivity index is 1.28. The van der Waals surface area contributed by atoms with Crippen LogP contribution in [0.1, 0.15) is 37.9 Å². The minimum Gasteiger partial charge on any atom is -0.395 e. The van der Waals surface area contributed by atoms with Gasteiger partial charge in [0.05, 0.1) is 24.0 Å². The number of carbonyl (C=O) groups excluding carboxylic acids is 1. The number of halogens is 2. The fourth-order valence-electron chi connectivity index (χ4n) is 5.17. The quantitative estimate of drug-likeness (QED) is 0.506. The zero-order chi connectivity index (χ0) is 25.5. The molecule has 1 aliphatic carbocycles. The van der Waals surface area contributed by atoms with Crippen molar-refractivity contribution in [3.8, 4) is 11.5 Å². The van der Waals surface area contributed by atoms with Crippen LogP contribution < -0.4 is 14.8 Å². The lowest BCUT2D eigenvalue weighted by Gasteiger charge is -2.29. The smallest absolute Gasteiger partial charge is 0.395 e. The van der Waals surface area contributed by atoms with E-state index in [-0.39, 0.29) is 24.0 Å². The molecule has 1 amide bonds. The molecule has 0 bridgehead atoms. The normalized spacial score (nSPS) is 24.7. The highest BCUT2D eigenvalue weighted by atomic mass is 19.3. The molecule has 3 heterocycles. The molecule has 190 valence electrons. The topological polar surface area (TPSA) is 102 Å². The highest BCUT2D eigenvalue weighted by molar-refractivity contribution is 6.02. The third-order valence-corrected chi connectivity index (χ3v) is 7.49. The molecule has 3 N–H and O–H groups in total. The number of hydrogen-bond donors (Lipinski definition) is 3. The lowest BCUT2D eigenvalue weighted by atomic mass is 9.88. The van der Waals surface area contributed by atoms with Crippen LogP contribution in [0.5, 0.6) is 11.5 Å². The van der Waals surface area contributed by atoms with Crippen LogP contribution in [0, 0.1) is 0 Å². The summed E-state index contributed by atoms with van der Waals surface area (Å²) in [5.41, 5.74) is 1.41. The molecule has 2 atom stereocenters. The van der Waals surface area contributed by atoms with Crippen LogP contribution in [0.2, 0.25) is 0 Å². The van der Waals surface area contributed by atoms with Gasteiger partial charge in [0.15, 0.2) is 17.8 Å². The molecule has 1 saturated carbocycles. The third-order valence-electron chi connectivity index (χ3n) is 7.49. The van der Waals surface area contributed by atoms with Crippen LogP contribution in [-0.2, 0) is 26.9 Å². The van der Waals surface area contributed by atoms with E-state index in [0.29, 0.717) is 30.6 Å². The van der Waals surface area contributed by atoms with Gasteiger partial charge in [0, 0.05) is 22.3 Å². The number of carbonyl (C=O) groups is 1. The van der Waals surface area contributed by atoms with E-state index in [1.165, 1.54) is 12.1 Å². The van der Waals surface area contributed by atoms with E-state index in [2.05, 4.69) is 14.8 Å². The van der Waals surface area contributed by atoms with Crippen molar-refractivity contribution in [1.29, 1.82) is 0 Å². The van der Waals surface area contributed by atoms with Gasteiger partial charge in [0.1, 0.15) is 6.10 Å². The molecular formula is C26H26F2N2O6. The molecule has 36 heavy (non-hydrogen) atoms. The van der Waals surface area contributed by atoms with Crippen LogP contribution in [-0.4, -0.2) is 46.0 Å². The van der Waals surface area contributed by atoms with Gasteiger partial charge in [-0.25, -0.2) is 0 Å². The average molecular weight is 500 g/mol. The number of aromatic nitrogens is 1. The number of hydrogen-bond acceptors (Lipinski definition) is 6. The summed E-state index contributed by atoms with van der Waals surface area (Å²) in [5, 5.41) is 24.1. The molecule has 8 nitrogen and oxygen atoms in total. The number of amides is 1. The maximum Gasteiger partial charge on any atom is 0.586 e. The first kappa shape index (κ1) is 23.2. The molecule has 2 unspecified atom stereocenters. The minimum atomic E-state index is -3.71. The summed E-state index contributed by atoms with van der Waals surface area (Å²) in [4.78, 5) is 13.3. The van der Waals surface area contributed by atoms with E-state index in [1.807, 2.05) is 36.6 Å². The molecule has 0 radical (unpaired) electrons. The number of aliphatic hydroxyl groups excluding tert-OH is 2. The fourth-order valence-corrected chi connectivity index (χ4v) is 5.17. The monoisotopic (exact) mass is 500 g/mol. The Labute approximate surface area is 205 Å². The second kappa shape index (κ2) is 7.64. The molecule has 2 aromatic carbocycles. The van der Waals surface area contributed by atoms with E-state index < -0.39 is 29.5 Å². The largest absolute Gasteiger partial charge is 0.586 e. The molecule has 3 aromatic rings. The van der Waals surface area contributed by atoms with E-state index >= 15 is 0 Å². The van der Waals surface area contributed by atoms with Gasteiger partial charge in [0.2, 0.25) is 5.91 Å². The van der Waals surface area contributed by atoms with Crippen LogP contribution in [0.15, 0.2) is 42.5 Å². The van der Waals surface area contributed by atoms with Gasteiger partial charge >= 0.3 is 6.29 Å². The van der Waals surface area contributed by atoms with Crippen LogP contribution in [0.25, 0.3) is 10.9 Å². The second-order valence-electron chi connectivity index (χ2n) is 10.3. The Hall–Kier alpha value is -3.21. The number of aliphatic hydroxyl groups is 2. The number of nitrogens with one attached hydrogen (secondary N) is 1. The Morgan fingerprint density at radius 2 is 1.86 bits per heavy atom. The summed E-state index contributed by atoms with van der Waals surface area (Å²) in [5.74, 6) is -0.359. The molecule has 1 fully saturated rings. The molecule has 0 spiro atoms. The maximum atomic E-state index is 13.4. The first-order valence-corrected chi connectivity index (χ1v) is 11.8. The van der Waals surface area contributed by atoms with E-state index in [4.69, 9.17) is 4.74 Å². The Morgan fingerprint density at radius 1 is 1.11 bits per heavy atom. The van der Waals surface area contributed by atoms with Crippen molar-refractivity contribution in [2.75, 3.05) is 11.9 Å². The lowest BCUT2D eigenvalue weighted by molar-refractivity contribution is -0.286. The zero-order valence-corrected chi connectivity index (χ0v) is 19.8. The Bertz CT molecular complexity index is 1380. The van der Waals surface area contributed by atoms with E-state index in [1.54, 1.807) is 12.1 Å². The number of fused-ring (bicyclic) bond motifs is 4.